The summed E-state index contributed by atoms with van der Waals surface area (Å²) in [6.45, 7) is -1.04. The Bertz CT molecular complexity index is 1820. The fourth-order valence-corrected chi connectivity index (χ4v) is 7.44. The lowest BCUT2D eigenvalue weighted by atomic mass is 10.0. The van der Waals surface area contributed by atoms with Crippen molar-refractivity contribution in [1.82, 2.24) is 10.2 Å². The molecule has 2 amide bonds. The lowest BCUT2D eigenvalue weighted by Gasteiger charge is -2.34. The zero-order valence-corrected chi connectivity index (χ0v) is 27.5. The van der Waals surface area contributed by atoms with Crippen molar-refractivity contribution in [2.24, 2.45) is 0 Å². The maximum atomic E-state index is 14.6. The van der Waals surface area contributed by atoms with Gasteiger partial charge in [0.05, 0.1) is 16.1 Å². The van der Waals surface area contributed by atoms with E-state index in [0.29, 0.717) is 21.0 Å². The van der Waals surface area contributed by atoms with Gasteiger partial charge < -0.3 is 10.2 Å². The van der Waals surface area contributed by atoms with Crippen LogP contribution in [0, 0.1) is 0 Å². The second kappa shape index (κ2) is 15.3. The number of anilines is 1. The lowest BCUT2D eigenvalue weighted by Crippen LogP contribution is -2.54. The molecule has 0 aliphatic heterocycles. The van der Waals surface area contributed by atoms with Crippen molar-refractivity contribution in [3.05, 3.63) is 131 Å². The normalized spacial score (nSPS) is 14.3. The first-order valence-corrected chi connectivity index (χ1v) is 17.4. The number of hydrogen-bond acceptors (Lipinski definition) is 4. The van der Waals surface area contributed by atoms with Crippen LogP contribution in [0.4, 0.5) is 18.9 Å². The summed E-state index contributed by atoms with van der Waals surface area (Å²) in [7, 11) is -4.56. The summed E-state index contributed by atoms with van der Waals surface area (Å²) >= 11 is 6.52. The highest BCUT2D eigenvalue weighted by atomic mass is 35.5. The first-order valence-electron chi connectivity index (χ1n) is 15.6. The molecule has 1 N–H and O–H groups in total. The lowest BCUT2D eigenvalue weighted by molar-refractivity contribution is -0.140. The number of hydrogen-bond donors (Lipinski definition) is 1. The molecule has 252 valence electrons. The highest BCUT2D eigenvalue weighted by Crippen LogP contribution is 2.33. The van der Waals surface area contributed by atoms with E-state index in [1.54, 1.807) is 30.3 Å². The number of alkyl halides is 3. The fraction of sp³-hybridized carbons (Fsp3) is 0.278. The predicted molar refractivity (Wildman–Crippen MR) is 179 cm³/mol. The Labute approximate surface area is 283 Å². The molecule has 0 bridgehead atoms. The summed E-state index contributed by atoms with van der Waals surface area (Å²) in [6.07, 6.45) is -1.16. The van der Waals surface area contributed by atoms with Gasteiger partial charge in [-0.1, -0.05) is 97.2 Å². The van der Waals surface area contributed by atoms with Crippen molar-refractivity contribution >= 4 is 39.1 Å². The van der Waals surface area contributed by atoms with Crippen LogP contribution in [0.15, 0.2) is 114 Å². The Morgan fingerprint density at radius 3 is 2.12 bits per heavy atom. The molecule has 5 rings (SSSR count). The Morgan fingerprint density at radius 2 is 1.48 bits per heavy atom. The van der Waals surface area contributed by atoms with E-state index in [4.69, 9.17) is 11.6 Å². The van der Waals surface area contributed by atoms with E-state index in [-0.39, 0.29) is 29.6 Å². The van der Waals surface area contributed by atoms with E-state index >= 15 is 0 Å². The van der Waals surface area contributed by atoms with Crippen LogP contribution in [0.3, 0.4) is 0 Å². The van der Waals surface area contributed by atoms with Crippen molar-refractivity contribution in [3.8, 4) is 0 Å². The molecule has 1 unspecified atom stereocenters. The van der Waals surface area contributed by atoms with Crippen LogP contribution in [0.25, 0.3) is 0 Å². The third-order valence-corrected chi connectivity index (χ3v) is 10.5. The van der Waals surface area contributed by atoms with E-state index < -0.39 is 46.2 Å². The number of rotatable bonds is 12. The summed E-state index contributed by atoms with van der Waals surface area (Å²) in [4.78, 5) is 29.7. The van der Waals surface area contributed by atoms with E-state index in [9.17, 15) is 31.2 Å². The molecular weight excluding hydrogens is 663 g/mol. The molecule has 1 atom stereocenters. The number of nitrogens with one attached hydrogen (secondary N) is 1. The van der Waals surface area contributed by atoms with E-state index in [1.165, 1.54) is 35.2 Å². The van der Waals surface area contributed by atoms with Gasteiger partial charge in [0.25, 0.3) is 10.0 Å². The molecule has 1 saturated carbocycles. The number of nitrogens with zero attached hydrogens (tertiary/aromatic N) is 2. The summed E-state index contributed by atoms with van der Waals surface area (Å²) in [6, 6.07) is 25.7. The topological polar surface area (TPSA) is 86.8 Å². The van der Waals surface area contributed by atoms with Gasteiger partial charge in [-0.05, 0) is 60.4 Å². The molecule has 1 aliphatic rings. The second-order valence-corrected chi connectivity index (χ2v) is 14.0. The molecule has 0 saturated heterocycles. The molecule has 1 fully saturated rings. The van der Waals surface area contributed by atoms with Crippen molar-refractivity contribution in [1.29, 1.82) is 0 Å². The first kappa shape index (κ1) is 35.0. The number of sulfonamides is 1. The van der Waals surface area contributed by atoms with Gasteiger partial charge in [-0.25, -0.2) is 8.42 Å². The van der Waals surface area contributed by atoms with Gasteiger partial charge in [0, 0.05) is 24.0 Å². The number of amides is 2. The Hall–Kier alpha value is -4.35. The molecule has 4 aromatic carbocycles. The molecule has 12 heteroatoms. The van der Waals surface area contributed by atoms with E-state index in [2.05, 4.69) is 5.32 Å². The summed E-state index contributed by atoms with van der Waals surface area (Å²) < 4.78 is 70.2. The van der Waals surface area contributed by atoms with E-state index in [1.807, 2.05) is 30.3 Å². The number of halogens is 4. The maximum absolute atomic E-state index is 14.6. The molecule has 0 aromatic heterocycles. The Balaban J connectivity index is 1.60. The van der Waals surface area contributed by atoms with Gasteiger partial charge >= 0.3 is 6.18 Å². The van der Waals surface area contributed by atoms with Crippen LogP contribution in [0.5, 0.6) is 0 Å². The zero-order valence-electron chi connectivity index (χ0n) is 25.9. The van der Waals surface area contributed by atoms with Crippen LogP contribution in [0.1, 0.15) is 42.4 Å². The Morgan fingerprint density at radius 1 is 0.854 bits per heavy atom. The molecule has 0 heterocycles. The smallest absolute Gasteiger partial charge is 0.352 e. The van der Waals surface area contributed by atoms with Crippen LogP contribution in [0.2, 0.25) is 5.02 Å². The van der Waals surface area contributed by atoms with Gasteiger partial charge in [0.2, 0.25) is 11.8 Å². The van der Waals surface area contributed by atoms with Crippen molar-refractivity contribution in [2.75, 3.05) is 10.8 Å². The molecule has 0 spiro atoms. The largest absolute Gasteiger partial charge is 0.416 e. The minimum Gasteiger partial charge on any atom is -0.352 e. The Kier molecular flexibility index (Phi) is 11.1. The van der Waals surface area contributed by atoms with Gasteiger partial charge in [-0.15, -0.1) is 0 Å². The number of carbonyl (C=O) groups is 2. The highest BCUT2D eigenvalue weighted by Gasteiger charge is 2.37. The number of benzene rings is 4. The maximum Gasteiger partial charge on any atom is 0.416 e. The van der Waals surface area contributed by atoms with Gasteiger partial charge in [-0.2, -0.15) is 13.2 Å². The van der Waals surface area contributed by atoms with Crippen LogP contribution in [-0.2, 0) is 38.8 Å². The molecule has 0 radical (unpaired) electrons. The summed E-state index contributed by atoms with van der Waals surface area (Å²) in [5.74, 6) is -1.21. The standard InChI is InChI=1S/C36H35ClF3N3O4S/c37-32-21-10-7-14-27(32)24-42(33(22-26-12-3-1-4-13-26)35(45)41-29-16-8-9-17-29)34(44)25-43(48(46,47)31-19-5-2-6-20-31)30-18-11-15-28(23-30)36(38,39)40/h1-7,10-15,18-21,23,29,33H,8-9,16-17,22,24-25H2,(H,41,45). The third kappa shape index (κ3) is 8.56. The fourth-order valence-electron chi connectivity index (χ4n) is 5.82. The molecule has 1 aliphatic carbocycles. The molecular formula is C36H35ClF3N3O4S. The van der Waals surface area contributed by atoms with Gasteiger partial charge in [0.1, 0.15) is 12.6 Å². The minimum atomic E-state index is -4.77. The van der Waals surface area contributed by atoms with Crippen LogP contribution >= 0.6 is 11.6 Å². The zero-order chi connectivity index (χ0) is 34.3. The van der Waals surface area contributed by atoms with Crippen LogP contribution in [-0.4, -0.2) is 43.8 Å². The molecule has 48 heavy (non-hydrogen) atoms. The second-order valence-electron chi connectivity index (χ2n) is 11.7. The highest BCUT2D eigenvalue weighted by molar-refractivity contribution is 7.92. The predicted octanol–water partition coefficient (Wildman–Crippen LogP) is 7.25. The molecule has 7 nitrogen and oxygen atoms in total. The first-order chi connectivity index (χ1) is 22.9. The SMILES string of the molecule is O=C(NC1CCCC1)C(Cc1ccccc1)N(Cc1ccccc1Cl)C(=O)CN(c1cccc(C(F)(F)F)c1)S(=O)(=O)c1ccccc1. The van der Waals surface area contributed by atoms with Crippen molar-refractivity contribution < 1.29 is 31.2 Å². The average molecular weight is 698 g/mol. The third-order valence-electron chi connectivity index (χ3n) is 8.34. The minimum absolute atomic E-state index is 0.0758. The number of carbonyl (C=O) groups excluding carboxylic acids is 2. The van der Waals surface area contributed by atoms with Gasteiger partial charge in [-0.3, -0.25) is 13.9 Å². The van der Waals surface area contributed by atoms with Crippen LogP contribution < -0.4 is 9.62 Å². The summed E-state index contributed by atoms with van der Waals surface area (Å²) in [5.41, 5.74) is -0.162. The van der Waals surface area contributed by atoms with Gasteiger partial charge in [0.15, 0.2) is 0 Å². The molecule has 4 aromatic rings. The van der Waals surface area contributed by atoms with Crippen molar-refractivity contribution in [3.63, 3.8) is 0 Å². The monoisotopic (exact) mass is 697 g/mol. The van der Waals surface area contributed by atoms with E-state index in [0.717, 1.165) is 43.4 Å². The quantitative estimate of drug-likeness (QED) is 0.169. The summed E-state index contributed by atoms with van der Waals surface area (Å²) in [5, 5.41) is 3.41. The van der Waals surface area contributed by atoms with Crippen molar-refractivity contribution in [2.45, 2.75) is 61.8 Å². The average Bonchev–Trinajstić information content (AvgIpc) is 3.59.